The number of para-hydroxylation sites is 1. The van der Waals surface area contributed by atoms with Crippen molar-refractivity contribution < 1.29 is 22.7 Å². The van der Waals surface area contributed by atoms with E-state index in [0.717, 1.165) is 0 Å². The van der Waals surface area contributed by atoms with Crippen molar-refractivity contribution in [2.24, 2.45) is 0 Å². The number of nitrogens with zero attached hydrogens (tertiary/aromatic N) is 3. The van der Waals surface area contributed by atoms with Crippen molar-refractivity contribution >= 4 is 11.6 Å². The van der Waals surface area contributed by atoms with E-state index in [9.17, 15) is 18.0 Å². The van der Waals surface area contributed by atoms with Crippen LogP contribution in [0.4, 0.5) is 18.9 Å². The van der Waals surface area contributed by atoms with Crippen molar-refractivity contribution in [1.29, 1.82) is 5.26 Å². The molecule has 2 aromatic carbocycles. The van der Waals surface area contributed by atoms with Gasteiger partial charge in [0.25, 0.3) is 5.91 Å². The zero-order chi connectivity index (χ0) is 19.4. The molecule has 0 N–H and O–H groups in total. The fourth-order valence-corrected chi connectivity index (χ4v) is 3.00. The Morgan fingerprint density at radius 3 is 2.44 bits per heavy atom. The third-order valence-electron chi connectivity index (χ3n) is 4.32. The van der Waals surface area contributed by atoms with Gasteiger partial charge in [-0.1, -0.05) is 12.1 Å². The number of hydrogen-bond donors (Lipinski definition) is 0. The third-order valence-corrected chi connectivity index (χ3v) is 4.32. The Balaban J connectivity index is 1.69. The highest BCUT2D eigenvalue weighted by Gasteiger charge is 2.26. The predicted molar refractivity (Wildman–Crippen MR) is 92.3 cm³/mol. The Morgan fingerprint density at radius 2 is 1.81 bits per heavy atom. The fourth-order valence-electron chi connectivity index (χ4n) is 3.00. The Bertz CT molecular complexity index is 875. The van der Waals surface area contributed by atoms with Crippen molar-refractivity contribution in [2.75, 3.05) is 31.1 Å². The van der Waals surface area contributed by atoms with Crippen LogP contribution in [0.25, 0.3) is 0 Å². The molecule has 8 heteroatoms. The smallest absolute Gasteiger partial charge is 0.387 e. The molecular weight excluding hydrogens is 359 g/mol. The number of benzene rings is 2. The number of hydrogen-bond acceptors (Lipinski definition) is 4. The van der Waals surface area contributed by atoms with Gasteiger partial charge in [-0.25, -0.2) is 4.39 Å². The molecule has 0 bridgehead atoms. The van der Waals surface area contributed by atoms with Gasteiger partial charge in [0, 0.05) is 26.2 Å². The summed E-state index contributed by atoms with van der Waals surface area (Å²) in [6.07, 6.45) is 0. The van der Waals surface area contributed by atoms with E-state index in [0.29, 0.717) is 31.9 Å². The number of alkyl halides is 2. The zero-order valence-corrected chi connectivity index (χ0v) is 14.2. The summed E-state index contributed by atoms with van der Waals surface area (Å²) in [6.45, 7) is -1.64. The highest BCUT2D eigenvalue weighted by molar-refractivity contribution is 5.97. The number of halogens is 3. The first-order valence-electron chi connectivity index (χ1n) is 8.27. The maximum absolute atomic E-state index is 14.2. The summed E-state index contributed by atoms with van der Waals surface area (Å²) in [5.41, 5.74) is 0.666. The molecule has 27 heavy (non-hydrogen) atoms. The lowest BCUT2D eigenvalue weighted by Crippen LogP contribution is -2.49. The normalized spacial score (nSPS) is 14.2. The molecule has 0 aliphatic carbocycles. The van der Waals surface area contributed by atoms with Crippen LogP contribution in [0.1, 0.15) is 15.9 Å². The minimum Gasteiger partial charge on any atom is -0.434 e. The number of nitriles is 1. The first-order valence-corrected chi connectivity index (χ1v) is 8.27. The van der Waals surface area contributed by atoms with E-state index in [4.69, 9.17) is 5.26 Å². The van der Waals surface area contributed by atoms with Crippen LogP contribution in [-0.2, 0) is 0 Å². The van der Waals surface area contributed by atoms with Crippen LogP contribution in [0.5, 0.6) is 5.75 Å². The SMILES string of the molecule is N#Cc1ccc(N2CCN(C(=O)c3ccccc3OC(F)F)CC2)c(F)c1. The van der Waals surface area contributed by atoms with Gasteiger partial charge in [-0.05, 0) is 30.3 Å². The van der Waals surface area contributed by atoms with Gasteiger partial charge < -0.3 is 14.5 Å². The van der Waals surface area contributed by atoms with Gasteiger partial charge in [0.15, 0.2) is 0 Å². The maximum Gasteiger partial charge on any atom is 0.387 e. The molecule has 0 radical (unpaired) electrons. The molecule has 0 atom stereocenters. The quantitative estimate of drug-likeness (QED) is 0.823. The number of carbonyl (C=O) groups is 1. The Labute approximate surface area is 154 Å². The molecule has 1 heterocycles. The van der Waals surface area contributed by atoms with Crippen LogP contribution in [0.2, 0.25) is 0 Å². The van der Waals surface area contributed by atoms with E-state index in [-0.39, 0.29) is 16.9 Å². The number of amides is 1. The molecule has 1 aliphatic rings. The van der Waals surface area contributed by atoms with E-state index in [1.54, 1.807) is 11.0 Å². The Kier molecular flexibility index (Phi) is 5.50. The number of rotatable bonds is 4. The first-order chi connectivity index (χ1) is 13.0. The highest BCUT2D eigenvalue weighted by atomic mass is 19.3. The van der Waals surface area contributed by atoms with E-state index >= 15 is 0 Å². The summed E-state index contributed by atoms with van der Waals surface area (Å²) >= 11 is 0. The summed E-state index contributed by atoms with van der Waals surface area (Å²) in [6, 6.07) is 12.0. The Morgan fingerprint density at radius 1 is 1.11 bits per heavy atom. The number of carbonyl (C=O) groups excluding carboxylic acids is 1. The maximum atomic E-state index is 14.2. The number of anilines is 1. The molecule has 1 fully saturated rings. The minimum atomic E-state index is -3.02. The van der Waals surface area contributed by atoms with Crippen LogP contribution in [0.3, 0.4) is 0 Å². The second-order valence-corrected chi connectivity index (χ2v) is 5.93. The predicted octanol–water partition coefficient (Wildman–Crippen LogP) is 3.26. The molecule has 1 amide bonds. The van der Waals surface area contributed by atoms with Gasteiger partial charge in [-0.3, -0.25) is 4.79 Å². The molecule has 3 rings (SSSR count). The van der Waals surface area contributed by atoms with Crippen LogP contribution >= 0.6 is 0 Å². The molecule has 1 aliphatic heterocycles. The molecular formula is C19H16F3N3O2. The lowest BCUT2D eigenvalue weighted by Gasteiger charge is -2.36. The molecule has 0 aromatic heterocycles. The van der Waals surface area contributed by atoms with Gasteiger partial charge in [0.2, 0.25) is 0 Å². The zero-order valence-electron chi connectivity index (χ0n) is 14.2. The Hall–Kier alpha value is -3.21. The number of ether oxygens (including phenoxy) is 1. The van der Waals surface area contributed by atoms with E-state index in [1.165, 1.54) is 41.3 Å². The summed E-state index contributed by atoms with van der Waals surface area (Å²) in [5, 5.41) is 8.81. The van der Waals surface area contributed by atoms with Crippen molar-refractivity contribution in [3.63, 3.8) is 0 Å². The fraction of sp³-hybridized carbons (Fsp3) is 0.263. The van der Waals surface area contributed by atoms with Gasteiger partial charge in [0.05, 0.1) is 22.9 Å². The second-order valence-electron chi connectivity index (χ2n) is 5.93. The standard InChI is InChI=1S/C19H16F3N3O2/c20-15-11-13(12-23)5-6-16(15)24-7-9-25(10-8-24)18(26)14-3-1-2-4-17(14)27-19(21)22/h1-6,11,19H,7-10H2. The van der Waals surface area contributed by atoms with Crippen LogP contribution < -0.4 is 9.64 Å². The molecule has 1 saturated heterocycles. The van der Waals surface area contributed by atoms with Crippen LogP contribution in [0.15, 0.2) is 42.5 Å². The first kappa shape index (κ1) is 18.6. The van der Waals surface area contributed by atoms with E-state index in [2.05, 4.69) is 4.74 Å². The molecule has 5 nitrogen and oxygen atoms in total. The molecule has 0 saturated carbocycles. The largest absolute Gasteiger partial charge is 0.434 e. The van der Waals surface area contributed by atoms with Crippen molar-refractivity contribution in [3.8, 4) is 11.8 Å². The summed E-state index contributed by atoms with van der Waals surface area (Å²) < 4.78 is 43.6. The number of piperazine rings is 1. The summed E-state index contributed by atoms with van der Waals surface area (Å²) in [5.74, 6) is -1.08. The van der Waals surface area contributed by atoms with Gasteiger partial charge in [-0.15, -0.1) is 0 Å². The van der Waals surface area contributed by atoms with Gasteiger partial charge in [-0.2, -0.15) is 14.0 Å². The molecule has 0 unspecified atom stereocenters. The molecule has 140 valence electrons. The van der Waals surface area contributed by atoms with Gasteiger partial charge >= 0.3 is 6.61 Å². The van der Waals surface area contributed by atoms with Crippen LogP contribution in [0, 0.1) is 17.1 Å². The van der Waals surface area contributed by atoms with Crippen molar-refractivity contribution in [2.45, 2.75) is 6.61 Å². The lowest BCUT2D eigenvalue weighted by molar-refractivity contribution is -0.0502. The van der Waals surface area contributed by atoms with Gasteiger partial charge in [0.1, 0.15) is 11.6 Å². The van der Waals surface area contributed by atoms with E-state index < -0.39 is 18.3 Å². The average molecular weight is 375 g/mol. The summed E-state index contributed by atoms with van der Waals surface area (Å²) in [7, 11) is 0. The second kappa shape index (κ2) is 7.99. The highest BCUT2D eigenvalue weighted by Crippen LogP contribution is 2.25. The average Bonchev–Trinajstić information content (AvgIpc) is 2.67. The van der Waals surface area contributed by atoms with Crippen molar-refractivity contribution in [3.05, 3.63) is 59.4 Å². The topological polar surface area (TPSA) is 56.6 Å². The minimum absolute atomic E-state index is 0.0656. The lowest BCUT2D eigenvalue weighted by atomic mass is 10.1. The molecule has 0 spiro atoms. The summed E-state index contributed by atoms with van der Waals surface area (Å²) in [4.78, 5) is 16.0. The third kappa shape index (κ3) is 4.14. The van der Waals surface area contributed by atoms with Crippen LogP contribution in [-0.4, -0.2) is 43.6 Å². The molecule has 2 aromatic rings. The monoisotopic (exact) mass is 375 g/mol. The van der Waals surface area contributed by atoms with E-state index in [1.807, 2.05) is 6.07 Å². The van der Waals surface area contributed by atoms with Crippen molar-refractivity contribution in [1.82, 2.24) is 4.90 Å².